The molecule has 0 aliphatic carbocycles. The lowest BCUT2D eigenvalue weighted by Crippen LogP contribution is -2.46. The van der Waals surface area contributed by atoms with E-state index in [1.54, 1.807) is 0 Å². The molecule has 1 aliphatic rings. The first-order chi connectivity index (χ1) is 8.85. The van der Waals surface area contributed by atoms with E-state index in [4.69, 9.17) is 5.11 Å². The number of sulfonamides is 1. The Morgan fingerprint density at radius 1 is 1.53 bits per heavy atom. The van der Waals surface area contributed by atoms with Gasteiger partial charge < -0.3 is 5.11 Å². The minimum absolute atomic E-state index is 0.149. The van der Waals surface area contributed by atoms with Crippen molar-refractivity contribution in [3.05, 3.63) is 11.8 Å². The van der Waals surface area contributed by atoms with Crippen LogP contribution in [0.3, 0.4) is 0 Å². The summed E-state index contributed by atoms with van der Waals surface area (Å²) in [7, 11) is -3.84. The Kier molecular flexibility index (Phi) is 3.64. The van der Waals surface area contributed by atoms with Crippen molar-refractivity contribution in [2.24, 2.45) is 5.92 Å². The molecule has 0 bridgehead atoms. The number of hydrogen-bond acceptors (Lipinski definition) is 4. The molecule has 19 heavy (non-hydrogen) atoms. The summed E-state index contributed by atoms with van der Waals surface area (Å²) in [6, 6.07) is -0.149. The molecule has 2 rings (SSSR count). The van der Waals surface area contributed by atoms with Crippen LogP contribution in [0, 0.1) is 5.92 Å². The lowest BCUT2D eigenvalue weighted by Gasteiger charge is -2.36. The maximum Gasteiger partial charge on any atom is 0.340 e. The maximum absolute atomic E-state index is 12.5. The van der Waals surface area contributed by atoms with E-state index in [-0.39, 0.29) is 22.5 Å². The zero-order chi connectivity index (χ0) is 14.2. The first-order valence-corrected chi connectivity index (χ1v) is 7.58. The van der Waals surface area contributed by atoms with E-state index in [0.29, 0.717) is 6.54 Å². The van der Waals surface area contributed by atoms with Crippen LogP contribution in [0.1, 0.15) is 37.0 Å². The number of H-pyrrole nitrogens is 1. The summed E-state index contributed by atoms with van der Waals surface area (Å²) in [5.74, 6) is -1.05. The van der Waals surface area contributed by atoms with Gasteiger partial charge >= 0.3 is 5.97 Å². The average molecular weight is 287 g/mol. The van der Waals surface area contributed by atoms with Gasteiger partial charge in [0.15, 0.2) is 5.03 Å². The van der Waals surface area contributed by atoms with E-state index in [0.717, 1.165) is 19.0 Å². The zero-order valence-electron chi connectivity index (χ0n) is 10.8. The van der Waals surface area contributed by atoms with Crippen molar-refractivity contribution < 1.29 is 18.3 Å². The SMILES string of the molecule is CC1CCCN(S(=O)(=O)c2[nH]ncc2C(=O)O)C1C. The van der Waals surface area contributed by atoms with Crippen molar-refractivity contribution in [2.75, 3.05) is 6.54 Å². The van der Waals surface area contributed by atoms with Crippen LogP contribution in [0.5, 0.6) is 0 Å². The van der Waals surface area contributed by atoms with E-state index >= 15 is 0 Å². The van der Waals surface area contributed by atoms with Gasteiger partial charge in [-0.05, 0) is 25.7 Å². The summed E-state index contributed by atoms with van der Waals surface area (Å²) in [6.45, 7) is 4.25. The number of aromatic amines is 1. The number of aromatic nitrogens is 2. The number of carbonyl (C=O) groups is 1. The van der Waals surface area contributed by atoms with Gasteiger partial charge in [0.05, 0.1) is 6.20 Å². The number of rotatable bonds is 3. The Hall–Kier alpha value is -1.41. The molecule has 1 aromatic heterocycles. The maximum atomic E-state index is 12.5. The molecule has 0 amide bonds. The van der Waals surface area contributed by atoms with E-state index in [2.05, 4.69) is 10.2 Å². The van der Waals surface area contributed by atoms with E-state index in [1.807, 2.05) is 13.8 Å². The van der Waals surface area contributed by atoms with E-state index < -0.39 is 16.0 Å². The molecule has 106 valence electrons. The first-order valence-electron chi connectivity index (χ1n) is 6.14. The molecule has 2 N–H and O–H groups in total. The average Bonchev–Trinajstić information content (AvgIpc) is 2.82. The second-order valence-corrected chi connectivity index (χ2v) is 6.72. The fourth-order valence-electron chi connectivity index (χ4n) is 2.38. The van der Waals surface area contributed by atoms with Gasteiger partial charge in [0.2, 0.25) is 0 Å². The summed E-state index contributed by atoms with van der Waals surface area (Å²) in [5, 5.41) is 14.5. The van der Waals surface area contributed by atoms with Gasteiger partial charge in [-0.15, -0.1) is 0 Å². The number of carboxylic acid groups (broad SMARTS) is 1. The van der Waals surface area contributed by atoms with Crippen LogP contribution in [0.4, 0.5) is 0 Å². The minimum Gasteiger partial charge on any atom is -0.478 e. The van der Waals surface area contributed by atoms with Crippen molar-refractivity contribution in [3.8, 4) is 0 Å². The molecule has 0 aromatic carbocycles. The van der Waals surface area contributed by atoms with Crippen molar-refractivity contribution in [2.45, 2.75) is 37.8 Å². The topological polar surface area (TPSA) is 103 Å². The fraction of sp³-hybridized carbons (Fsp3) is 0.636. The smallest absolute Gasteiger partial charge is 0.340 e. The number of hydrogen-bond donors (Lipinski definition) is 2. The quantitative estimate of drug-likeness (QED) is 0.860. The van der Waals surface area contributed by atoms with Crippen molar-refractivity contribution in [3.63, 3.8) is 0 Å². The summed E-state index contributed by atoms with van der Waals surface area (Å²) in [5.41, 5.74) is -0.314. The number of aromatic carboxylic acids is 1. The first kappa shape index (κ1) is 14.0. The lowest BCUT2D eigenvalue weighted by molar-refractivity contribution is 0.0692. The van der Waals surface area contributed by atoms with Crippen molar-refractivity contribution >= 4 is 16.0 Å². The normalized spacial score (nSPS) is 25.4. The lowest BCUT2D eigenvalue weighted by atomic mass is 9.94. The van der Waals surface area contributed by atoms with Crippen LogP contribution >= 0.6 is 0 Å². The molecular formula is C11H17N3O4S. The number of carboxylic acids is 1. The number of nitrogens with zero attached hydrogens (tertiary/aromatic N) is 2. The molecule has 0 saturated carbocycles. The van der Waals surface area contributed by atoms with E-state index in [1.165, 1.54) is 4.31 Å². The van der Waals surface area contributed by atoms with Crippen molar-refractivity contribution in [1.29, 1.82) is 0 Å². The second-order valence-electron chi connectivity index (χ2n) is 4.89. The standard InChI is InChI=1S/C11H17N3O4S/c1-7-4-3-5-14(8(7)2)19(17,18)10-9(11(15)16)6-12-13-10/h6-8H,3-5H2,1-2H3,(H,12,13)(H,15,16). The fourth-order valence-corrected chi connectivity index (χ4v) is 4.21. The Bertz CT molecular complexity index is 581. The van der Waals surface area contributed by atoms with Gasteiger partial charge in [-0.3, -0.25) is 5.10 Å². The molecule has 0 spiro atoms. The van der Waals surface area contributed by atoms with Crippen LogP contribution in [-0.2, 0) is 10.0 Å². The number of nitrogens with one attached hydrogen (secondary N) is 1. The van der Waals surface area contributed by atoms with Gasteiger partial charge in [-0.2, -0.15) is 9.40 Å². The largest absolute Gasteiger partial charge is 0.478 e. The minimum atomic E-state index is -3.84. The Morgan fingerprint density at radius 3 is 2.84 bits per heavy atom. The van der Waals surface area contributed by atoms with Gasteiger partial charge in [-0.25, -0.2) is 13.2 Å². The predicted molar refractivity (Wildman–Crippen MR) is 67.3 cm³/mol. The molecule has 1 saturated heterocycles. The summed E-state index contributed by atoms with van der Waals surface area (Å²) < 4.78 is 26.4. The summed E-state index contributed by atoms with van der Waals surface area (Å²) in [4.78, 5) is 11.0. The van der Waals surface area contributed by atoms with E-state index in [9.17, 15) is 13.2 Å². The molecule has 2 atom stereocenters. The molecule has 8 heteroatoms. The third-order valence-corrected chi connectivity index (χ3v) is 5.68. The third-order valence-electron chi connectivity index (χ3n) is 3.72. The highest BCUT2D eigenvalue weighted by Gasteiger charge is 2.37. The Balaban J connectivity index is 2.42. The Morgan fingerprint density at radius 2 is 2.21 bits per heavy atom. The van der Waals surface area contributed by atoms with Gasteiger partial charge in [0.1, 0.15) is 5.56 Å². The molecule has 1 fully saturated rings. The predicted octanol–water partition coefficient (Wildman–Crippen LogP) is 0.917. The Labute approximate surface area is 111 Å². The van der Waals surface area contributed by atoms with Crippen molar-refractivity contribution in [1.82, 2.24) is 14.5 Å². The van der Waals surface area contributed by atoms with Crippen LogP contribution in [0.2, 0.25) is 0 Å². The number of piperidine rings is 1. The molecular weight excluding hydrogens is 270 g/mol. The highest BCUT2D eigenvalue weighted by atomic mass is 32.2. The molecule has 7 nitrogen and oxygen atoms in total. The second kappa shape index (κ2) is 4.93. The molecule has 2 unspecified atom stereocenters. The van der Waals surface area contributed by atoms with Crippen LogP contribution in [-0.4, -0.2) is 46.6 Å². The van der Waals surface area contributed by atoms with Crippen LogP contribution in [0.15, 0.2) is 11.2 Å². The highest BCUT2D eigenvalue weighted by Crippen LogP contribution is 2.29. The summed E-state index contributed by atoms with van der Waals surface area (Å²) >= 11 is 0. The molecule has 2 heterocycles. The molecule has 0 radical (unpaired) electrons. The van der Waals surface area contributed by atoms with Gasteiger partial charge in [-0.1, -0.05) is 6.92 Å². The van der Waals surface area contributed by atoms with Gasteiger partial charge in [0, 0.05) is 12.6 Å². The molecule has 1 aliphatic heterocycles. The zero-order valence-corrected chi connectivity index (χ0v) is 11.6. The molecule has 1 aromatic rings. The van der Waals surface area contributed by atoms with Crippen LogP contribution in [0.25, 0.3) is 0 Å². The monoisotopic (exact) mass is 287 g/mol. The van der Waals surface area contributed by atoms with Gasteiger partial charge in [0.25, 0.3) is 10.0 Å². The summed E-state index contributed by atoms with van der Waals surface area (Å²) in [6.07, 6.45) is 2.77. The third kappa shape index (κ3) is 2.37. The highest BCUT2D eigenvalue weighted by molar-refractivity contribution is 7.89. The van der Waals surface area contributed by atoms with Crippen LogP contribution < -0.4 is 0 Å².